The Kier molecular flexibility index (Phi) is 5.56. The van der Waals surface area contributed by atoms with Crippen LogP contribution in [0.1, 0.15) is 29.8 Å². The average Bonchev–Trinajstić information content (AvgIpc) is 2.53. The Hall–Kier alpha value is -1.62. The fourth-order valence-electron chi connectivity index (χ4n) is 1.89. The maximum atomic E-state index is 12.6. The SMILES string of the molecule is CC(C)O/C(=C(\I)C(=O)c1ccccc1)c1ccccc1. The number of rotatable bonds is 5. The van der Waals surface area contributed by atoms with Crippen LogP contribution in [-0.2, 0) is 4.74 Å². The second-order valence-electron chi connectivity index (χ2n) is 4.87. The van der Waals surface area contributed by atoms with Crippen molar-refractivity contribution in [2.24, 2.45) is 0 Å². The third kappa shape index (κ3) is 4.17. The number of benzene rings is 2. The van der Waals surface area contributed by atoms with Crippen LogP contribution in [0.15, 0.2) is 64.2 Å². The highest BCUT2D eigenvalue weighted by Gasteiger charge is 2.18. The number of carbonyl (C=O) groups excluding carboxylic acids is 1. The van der Waals surface area contributed by atoms with E-state index in [-0.39, 0.29) is 11.9 Å². The van der Waals surface area contributed by atoms with E-state index >= 15 is 0 Å². The Morgan fingerprint density at radius 2 is 1.38 bits per heavy atom. The van der Waals surface area contributed by atoms with Crippen LogP contribution >= 0.6 is 22.6 Å². The topological polar surface area (TPSA) is 26.3 Å². The van der Waals surface area contributed by atoms with Crippen LogP contribution in [0, 0.1) is 0 Å². The summed E-state index contributed by atoms with van der Waals surface area (Å²) in [6.07, 6.45) is 0.00791. The van der Waals surface area contributed by atoms with Crippen molar-refractivity contribution in [1.82, 2.24) is 0 Å². The monoisotopic (exact) mass is 392 g/mol. The van der Waals surface area contributed by atoms with Crippen LogP contribution in [0.3, 0.4) is 0 Å². The van der Waals surface area contributed by atoms with Gasteiger partial charge >= 0.3 is 0 Å². The second-order valence-corrected chi connectivity index (χ2v) is 5.95. The molecular weight excluding hydrogens is 375 g/mol. The molecule has 0 heterocycles. The van der Waals surface area contributed by atoms with Crippen LogP contribution in [-0.4, -0.2) is 11.9 Å². The summed E-state index contributed by atoms with van der Waals surface area (Å²) in [6, 6.07) is 19.0. The van der Waals surface area contributed by atoms with E-state index in [1.807, 2.05) is 74.5 Å². The molecular formula is C18H17IO2. The van der Waals surface area contributed by atoms with Gasteiger partial charge in [0.05, 0.1) is 6.10 Å². The number of carbonyl (C=O) groups is 1. The smallest absolute Gasteiger partial charge is 0.202 e. The van der Waals surface area contributed by atoms with E-state index in [2.05, 4.69) is 22.6 Å². The third-order valence-electron chi connectivity index (χ3n) is 2.82. The maximum absolute atomic E-state index is 12.6. The quantitative estimate of drug-likeness (QED) is 0.306. The van der Waals surface area contributed by atoms with Crippen LogP contribution in [0.5, 0.6) is 0 Å². The fraction of sp³-hybridized carbons (Fsp3) is 0.167. The molecule has 0 atom stereocenters. The summed E-state index contributed by atoms with van der Waals surface area (Å²) in [6.45, 7) is 3.92. The maximum Gasteiger partial charge on any atom is 0.202 e. The minimum atomic E-state index is -0.0179. The predicted molar refractivity (Wildman–Crippen MR) is 94.4 cm³/mol. The highest BCUT2D eigenvalue weighted by Crippen LogP contribution is 2.28. The Morgan fingerprint density at radius 1 is 0.905 bits per heavy atom. The number of ketones is 1. The van der Waals surface area contributed by atoms with Crippen molar-refractivity contribution in [1.29, 1.82) is 0 Å². The van der Waals surface area contributed by atoms with Gasteiger partial charge in [0, 0.05) is 11.1 Å². The largest absolute Gasteiger partial charge is 0.489 e. The van der Waals surface area contributed by atoms with Crippen molar-refractivity contribution in [2.45, 2.75) is 20.0 Å². The molecule has 0 aliphatic carbocycles. The Morgan fingerprint density at radius 3 is 1.86 bits per heavy atom. The van der Waals surface area contributed by atoms with Gasteiger partial charge in [-0.05, 0) is 36.4 Å². The highest BCUT2D eigenvalue weighted by atomic mass is 127. The van der Waals surface area contributed by atoms with E-state index in [1.54, 1.807) is 0 Å². The first-order valence-electron chi connectivity index (χ1n) is 6.81. The van der Waals surface area contributed by atoms with Crippen molar-refractivity contribution in [3.05, 3.63) is 75.4 Å². The summed E-state index contributed by atoms with van der Waals surface area (Å²) in [5.41, 5.74) is 1.59. The molecule has 0 unspecified atom stereocenters. The highest BCUT2D eigenvalue weighted by molar-refractivity contribution is 14.1. The Labute approximate surface area is 139 Å². The number of allylic oxidation sites excluding steroid dienone is 1. The zero-order chi connectivity index (χ0) is 15.2. The number of halogens is 1. The first-order valence-corrected chi connectivity index (χ1v) is 7.89. The number of hydrogen-bond donors (Lipinski definition) is 0. The zero-order valence-electron chi connectivity index (χ0n) is 12.0. The van der Waals surface area contributed by atoms with Crippen molar-refractivity contribution < 1.29 is 9.53 Å². The molecule has 2 aromatic rings. The van der Waals surface area contributed by atoms with Crippen LogP contribution in [0.2, 0.25) is 0 Å². The average molecular weight is 392 g/mol. The standard InChI is InChI=1S/C18H17IO2/c1-13(2)21-18(15-11-7-4-8-12-15)16(19)17(20)14-9-5-3-6-10-14/h3-13H,1-2H3/b18-16-. The summed E-state index contributed by atoms with van der Waals surface area (Å²) in [5, 5.41) is 0. The molecule has 2 rings (SSSR count). The lowest BCUT2D eigenvalue weighted by molar-refractivity contribution is 0.104. The van der Waals surface area contributed by atoms with Crippen molar-refractivity contribution in [3.8, 4) is 0 Å². The first-order chi connectivity index (χ1) is 10.1. The summed E-state index contributed by atoms with van der Waals surface area (Å²) in [5.74, 6) is 0.621. The molecule has 108 valence electrons. The lowest BCUT2D eigenvalue weighted by atomic mass is 10.1. The van der Waals surface area contributed by atoms with Crippen LogP contribution < -0.4 is 0 Å². The van der Waals surface area contributed by atoms with Gasteiger partial charge < -0.3 is 4.74 Å². The lowest BCUT2D eigenvalue weighted by Gasteiger charge is -2.16. The summed E-state index contributed by atoms with van der Waals surface area (Å²) < 4.78 is 6.49. The predicted octanol–water partition coefficient (Wildman–Crippen LogP) is 5.10. The number of hydrogen-bond acceptors (Lipinski definition) is 2. The van der Waals surface area contributed by atoms with Gasteiger partial charge in [0.15, 0.2) is 0 Å². The van der Waals surface area contributed by atoms with Crippen molar-refractivity contribution in [2.75, 3.05) is 0 Å². The van der Waals surface area contributed by atoms with E-state index in [0.717, 1.165) is 5.56 Å². The first kappa shape index (κ1) is 15.8. The van der Waals surface area contributed by atoms with Gasteiger partial charge in [-0.3, -0.25) is 4.79 Å². The number of ether oxygens (including phenoxy) is 1. The fourth-order valence-corrected chi connectivity index (χ4v) is 2.64. The molecule has 2 aromatic carbocycles. The van der Waals surface area contributed by atoms with Gasteiger partial charge in [-0.1, -0.05) is 60.7 Å². The van der Waals surface area contributed by atoms with Gasteiger partial charge in [-0.2, -0.15) is 0 Å². The molecule has 2 nitrogen and oxygen atoms in total. The summed E-state index contributed by atoms with van der Waals surface area (Å²) in [4.78, 5) is 12.6. The lowest BCUT2D eigenvalue weighted by Crippen LogP contribution is -2.08. The molecule has 0 saturated heterocycles. The summed E-state index contributed by atoms with van der Waals surface area (Å²) in [7, 11) is 0. The van der Waals surface area contributed by atoms with Crippen LogP contribution in [0.25, 0.3) is 5.76 Å². The Bertz CT molecular complexity index is 631. The molecule has 0 aliphatic heterocycles. The molecule has 0 aliphatic rings. The van der Waals surface area contributed by atoms with Gasteiger partial charge in [-0.25, -0.2) is 0 Å². The van der Waals surface area contributed by atoms with Crippen molar-refractivity contribution in [3.63, 3.8) is 0 Å². The molecule has 0 spiro atoms. The van der Waals surface area contributed by atoms with Gasteiger partial charge in [0.1, 0.15) is 9.34 Å². The Balaban J connectivity index is 2.45. The molecule has 3 heteroatoms. The molecule has 0 saturated carbocycles. The van der Waals surface area contributed by atoms with Gasteiger partial charge in [0.2, 0.25) is 5.78 Å². The number of Topliss-reactive ketones (excluding diaryl/α,β-unsaturated/α-hetero) is 1. The summed E-state index contributed by atoms with van der Waals surface area (Å²) >= 11 is 2.08. The molecule has 21 heavy (non-hydrogen) atoms. The van der Waals surface area contributed by atoms with E-state index in [4.69, 9.17) is 4.74 Å². The van der Waals surface area contributed by atoms with E-state index in [0.29, 0.717) is 14.9 Å². The van der Waals surface area contributed by atoms with E-state index < -0.39 is 0 Å². The third-order valence-corrected chi connectivity index (χ3v) is 3.80. The van der Waals surface area contributed by atoms with Crippen LogP contribution in [0.4, 0.5) is 0 Å². The molecule has 0 aromatic heterocycles. The van der Waals surface area contributed by atoms with Gasteiger partial charge in [0.25, 0.3) is 0 Å². The zero-order valence-corrected chi connectivity index (χ0v) is 14.2. The van der Waals surface area contributed by atoms with Gasteiger partial charge in [-0.15, -0.1) is 0 Å². The molecule has 0 bridgehead atoms. The van der Waals surface area contributed by atoms with Crippen molar-refractivity contribution >= 4 is 34.1 Å². The minimum Gasteiger partial charge on any atom is -0.489 e. The molecule has 0 fully saturated rings. The normalized spacial score (nSPS) is 12.0. The second kappa shape index (κ2) is 7.41. The minimum absolute atomic E-state index is 0.00791. The van der Waals surface area contributed by atoms with E-state index in [1.165, 1.54) is 0 Å². The van der Waals surface area contributed by atoms with E-state index in [9.17, 15) is 4.79 Å². The molecule has 0 N–H and O–H groups in total. The molecule has 0 radical (unpaired) electrons. The molecule has 0 amide bonds.